The van der Waals surface area contributed by atoms with E-state index in [4.69, 9.17) is 10.2 Å². The molecule has 1 aliphatic rings. The van der Waals surface area contributed by atoms with E-state index in [1.165, 1.54) is 0 Å². The molecule has 0 bridgehead atoms. The lowest BCUT2D eigenvalue weighted by molar-refractivity contribution is -0.285. The van der Waals surface area contributed by atoms with E-state index in [2.05, 4.69) is 8.92 Å². The highest BCUT2D eigenvalue weighted by Gasteiger charge is 2.43. The van der Waals surface area contributed by atoms with Gasteiger partial charge in [-0.1, -0.05) is 0 Å². The lowest BCUT2D eigenvalue weighted by Crippen LogP contribution is -2.58. The number of rotatable bonds is 3. The predicted octanol–water partition coefficient (Wildman–Crippen LogP) is -3.24. The van der Waals surface area contributed by atoms with Gasteiger partial charge >= 0.3 is 0 Å². The number of ether oxygens (including phenoxy) is 1. The van der Waals surface area contributed by atoms with Gasteiger partial charge in [0.05, 0.1) is 12.9 Å². The lowest BCUT2D eigenvalue weighted by atomic mass is 10.00. The van der Waals surface area contributed by atoms with Crippen molar-refractivity contribution in [1.29, 1.82) is 0 Å². The molecule has 1 aliphatic heterocycles. The molecule has 9 heteroatoms. The molecule has 1 heterocycles. The van der Waals surface area contributed by atoms with Crippen molar-refractivity contribution in [3.8, 4) is 0 Å². The Hall–Kier alpha value is -0.290. The highest BCUT2D eigenvalue weighted by molar-refractivity contribution is 7.85. The van der Waals surface area contributed by atoms with Crippen molar-refractivity contribution < 1.29 is 37.8 Å². The Kier molecular flexibility index (Phi) is 4.23. The summed E-state index contributed by atoms with van der Waals surface area (Å²) in [5, 5.41) is 36.9. The zero-order chi connectivity index (χ0) is 12.5. The van der Waals surface area contributed by atoms with Gasteiger partial charge in [0, 0.05) is 0 Å². The molecule has 16 heavy (non-hydrogen) atoms. The monoisotopic (exact) mass is 258 g/mol. The van der Waals surface area contributed by atoms with Gasteiger partial charge in [0.1, 0.15) is 24.4 Å². The summed E-state index contributed by atoms with van der Waals surface area (Å²) in [7, 11) is -3.71. The molecule has 0 aromatic heterocycles. The molecule has 1 unspecified atom stereocenters. The van der Waals surface area contributed by atoms with E-state index in [1.54, 1.807) is 0 Å². The number of aliphatic hydroxyl groups excluding tert-OH is 4. The molecule has 1 saturated heterocycles. The Morgan fingerprint density at radius 1 is 1.12 bits per heavy atom. The molecular weight excluding hydrogens is 244 g/mol. The third-order valence-corrected chi connectivity index (χ3v) is 2.70. The van der Waals surface area contributed by atoms with E-state index in [0.29, 0.717) is 0 Å². The smallest absolute Gasteiger partial charge is 0.264 e. The molecule has 5 atom stereocenters. The SMILES string of the molecule is CS(=O)(=O)OC[C@H]1OC(O)[C@@H](O)[C@@H](O)[C@@H]1O. The minimum atomic E-state index is -3.71. The van der Waals surface area contributed by atoms with Gasteiger partial charge in [-0.15, -0.1) is 0 Å². The van der Waals surface area contributed by atoms with Gasteiger partial charge in [-0.2, -0.15) is 8.42 Å². The fourth-order valence-electron chi connectivity index (χ4n) is 1.26. The van der Waals surface area contributed by atoms with Crippen molar-refractivity contribution >= 4 is 10.1 Å². The molecule has 4 N–H and O–H groups in total. The molecule has 0 spiro atoms. The van der Waals surface area contributed by atoms with Crippen LogP contribution in [-0.2, 0) is 19.0 Å². The van der Waals surface area contributed by atoms with E-state index in [9.17, 15) is 18.6 Å². The summed E-state index contributed by atoms with van der Waals surface area (Å²) in [5.41, 5.74) is 0. The first-order valence-corrected chi connectivity index (χ1v) is 6.26. The summed E-state index contributed by atoms with van der Waals surface area (Å²) in [4.78, 5) is 0. The maximum Gasteiger partial charge on any atom is 0.264 e. The minimum Gasteiger partial charge on any atom is -0.387 e. The van der Waals surface area contributed by atoms with Crippen molar-refractivity contribution in [2.45, 2.75) is 30.7 Å². The third-order valence-electron chi connectivity index (χ3n) is 2.13. The fraction of sp³-hybridized carbons (Fsp3) is 1.00. The lowest BCUT2D eigenvalue weighted by Gasteiger charge is -2.37. The summed E-state index contributed by atoms with van der Waals surface area (Å²) in [6, 6.07) is 0. The van der Waals surface area contributed by atoms with E-state index >= 15 is 0 Å². The molecule has 96 valence electrons. The van der Waals surface area contributed by atoms with Crippen LogP contribution in [0.2, 0.25) is 0 Å². The average molecular weight is 258 g/mol. The van der Waals surface area contributed by atoms with Crippen LogP contribution in [0.4, 0.5) is 0 Å². The Morgan fingerprint density at radius 2 is 1.69 bits per heavy atom. The molecule has 0 aromatic rings. The number of hydrogen-bond donors (Lipinski definition) is 4. The molecule has 1 rings (SSSR count). The Bertz CT molecular complexity index is 327. The fourth-order valence-corrected chi connectivity index (χ4v) is 1.64. The summed E-state index contributed by atoms with van der Waals surface area (Å²) in [6.45, 7) is -0.555. The predicted molar refractivity (Wildman–Crippen MR) is 49.7 cm³/mol. The normalized spacial score (nSPS) is 40.9. The zero-order valence-corrected chi connectivity index (χ0v) is 9.24. The highest BCUT2D eigenvalue weighted by Crippen LogP contribution is 2.20. The van der Waals surface area contributed by atoms with Gasteiger partial charge in [0.15, 0.2) is 6.29 Å². The second kappa shape index (κ2) is 4.92. The first-order valence-electron chi connectivity index (χ1n) is 4.44. The first kappa shape index (κ1) is 13.8. The third kappa shape index (κ3) is 3.35. The maximum atomic E-state index is 10.7. The molecule has 0 radical (unpaired) electrons. The van der Waals surface area contributed by atoms with Crippen molar-refractivity contribution in [1.82, 2.24) is 0 Å². The summed E-state index contributed by atoms with van der Waals surface area (Å²) in [6.07, 6.45) is -6.94. The van der Waals surface area contributed by atoms with Crippen LogP contribution in [0.15, 0.2) is 0 Å². The van der Waals surface area contributed by atoms with Gasteiger partial charge < -0.3 is 25.2 Å². The topological polar surface area (TPSA) is 134 Å². The largest absolute Gasteiger partial charge is 0.387 e. The van der Waals surface area contributed by atoms with Gasteiger partial charge in [0.25, 0.3) is 10.1 Å². The van der Waals surface area contributed by atoms with Crippen molar-refractivity contribution in [2.75, 3.05) is 12.9 Å². The zero-order valence-electron chi connectivity index (χ0n) is 8.42. The first-order chi connectivity index (χ1) is 7.22. The molecule has 0 aliphatic carbocycles. The standard InChI is InChI=1S/C7H14O8S/c1-16(12,13)14-2-3-4(8)5(9)6(10)7(11)15-3/h3-11H,2H2,1H3/t3-,4-,5+,6+,7?/m1/s1. The molecular formula is C7H14O8S. The average Bonchev–Trinajstić information content (AvgIpc) is 2.17. The Balaban J connectivity index is 2.61. The van der Waals surface area contributed by atoms with Crippen LogP contribution >= 0.6 is 0 Å². The molecule has 0 amide bonds. The van der Waals surface area contributed by atoms with Crippen LogP contribution in [0.1, 0.15) is 0 Å². The quantitative estimate of drug-likeness (QED) is 0.388. The second-order valence-electron chi connectivity index (χ2n) is 3.53. The molecule has 1 fully saturated rings. The van der Waals surface area contributed by atoms with Gasteiger partial charge in [-0.3, -0.25) is 4.18 Å². The number of aliphatic hydroxyl groups is 4. The van der Waals surface area contributed by atoms with Crippen molar-refractivity contribution in [3.63, 3.8) is 0 Å². The Morgan fingerprint density at radius 3 is 2.19 bits per heavy atom. The van der Waals surface area contributed by atoms with Crippen LogP contribution in [-0.4, -0.2) is 72.4 Å². The molecule has 8 nitrogen and oxygen atoms in total. The van der Waals surface area contributed by atoms with E-state index in [0.717, 1.165) is 6.26 Å². The van der Waals surface area contributed by atoms with Crippen LogP contribution in [0.25, 0.3) is 0 Å². The van der Waals surface area contributed by atoms with Crippen LogP contribution in [0.3, 0.4) is 0 Å². The van der Waals surface area contributed by atoms with Crippen molar-refractivity contribution in [2.24, 2.45) is 0 Å². The molecule has 0 aromatic carbocycles. The van der Waals surface area contributed by atoms with Gasteiger partial charge in [0.2, 0.25) is 0 Å². The Labute approximate surface area is 92.2 Å². The van der Waals surface area contributed by atoms with E-state index < -0.39 is 47.4 Å². The summed E-state index contributed by atoms with van der Waals surface area (Å²) >= 11 is 0. The van der Waals surface area contributed by atoms with Crippen LogP contribution < -0.4 is 0 Å². The van der Waals surface area contributed by atoms with Gasteiger partial charge in [-0.25, -0.2) is 0 Å². The number of hydrogen-bond acceptors (Lipinski definition) is 8. The van der Waals surface area contributed by atoms with E-state index in [1.807, 2.05) is 0 Å². The van der Waals surface area contributed by atoms with Crippen LogP contribution in [0.5, 0.6) is 0 Å². The van der Waals surface area contributed by atoms with E-state index in [-0.39, 0.29) is 0 Å². The minimum absolute atomic E-state index is 0.555. The van der Waals surface area contributed by atoms with Crippen molar-refractivity contribution in [3.05, 3.63) is 0 Å². The summed E-state index contributed by atoms with van der Waals surface area (Å²) in [5.74, 6) is 0. The van der Waals surface area contributed by atoms with Gasteiger partial charge in [-0.05, 0) is 0 Å². The summed E-state index contributed by atoms with van der Waals surface area (Å²) < 4.78 is 30.4. The maximum absolute atomic E-state index is 10.7. The second-order valence-corrected chi connectivity index (χ2v) is 5.17. The molecule has 0 saturated carbocycles. The highest BCUT2D eigenvalue weighted by atomic mass is 32.2. The van der Waals surface area contributed by atoms with Crippen LogP contribution in [0, 0.1) is 0 Å².